The molecule has 1 aromatic rings. The summed E-state index contributed by atoms with van der Waals surface area (Å²) in [5.74, 6) is 0.700. The van der Waals surface area contributed by atoms with E-state index in [1.54, 1.807) is 6.08 Å². The van der Waals surface area contributed by atoms with Crippen LogP contribution < -0.4 is 4.74 Å². The van der Waals surface area contributed by atoms with Gasteiger partial charge in [0.05, 0.1) is 4.47 Å². The lowest BCUT2D eigenvalue weighted by molar-refractivity contribution is -0.119. The molecular weight excluding hydrogens is 466 g/mol. The molecule has 32 heavy (non-hydrogen) atoms. The molecule has 0 aromatic heterocycles. The van der Waals surface area contributed by atoms with E-state index in [-0.39, 0.29) is 28.3 Å². The van der Waals surface area contributed by atoms with Crippen molar-refractivity contribution in [2.45, 2.75) is 59.3 Å². The maximum Gasteiger partial charge on any atom is 0.162 e. The first kappa shape index (κ1) is 23.0. The molecule has 0 amide bonds. The van der Waals surface area contributed by atoms with Crippen molar-refractivity contribution in [1.29, 1.82) is 0 Å². The molecule has 170 valence electrons. The zero-order valence-electron chi connectivity index (χ0n) is 19.7. The van der Waals surface area contributed by atoms with Crippen LogP contribution in [0.5, 0.6) is 5.75 Å². The smallest absolute Gasteiger partial charge is 0.162 e. The summed E-state index contributed by atoms with van der Waals surface area (Å²) in [7, 11) is 2.03. The number of nitrogens with zero attached hydrogens (tertiary/aromatic N) is 1. The molecular formula is C27H32BrNO3. The quantitative estimate of drug-likeness (QED) is 0.456. The van der Waals surface area contributed by atoms with E-state index in [0.717, 1.165) is 51.2 Å². The highest BCUT2D eigenvalue weighted by Crippen LogP contribution is 2.54. The third-order valence-corrected chi connectivity index (χ3v) is 7.45. The average Bonchev–Trinajstić information content (AvgIpc) is 2.67. The van der Waals surface area contributed by atoms with Crippen LogP contribution in [0.4, 0.5) is 0 Å². The van der Waals surface area contributed by atoms with Crippen LogP contribution in [0.25, 0.3) is 0 Å². The molecule has 0 unspecified atom stereocenters. The van der Waals surface area contributed by atoms with Crippen LogP contribution >= 0.6 is 15.9 Å². The molecule has 0 atom stereocenters. The van der Waals surface area contributed by atoms with Crippen LogP contribution in [-0.2, 0) is 9.59 Å². The zero-order valence-corrected chi connectivity index (χ0v) is 21.3. The summed E-state index contributed by atoms with van der Waals surface area (Å²) in [6.45, 7) is 12.7. The highest BCUT2D eigenvalue weighted by atomic mass is 79.9. The molecule has 5 heteroatoms. The highest BCUT2D eigenvalue weighted by Gasteiger charge is 2.48. The third kappa shape index (κ3) is 4.00. The summed E-state index contributed by atoms with van der Waals surface area (Å²) in [5, 5.41) is 0. The number of hydrogen-bond acceptors (Lipinski definition) is 4. The minimum absolute atomic E-state index is 0.0933. The number of allylic oxidation sites excluding steroid dienone is 4. The maximum atomic E-state index is 13.5. The molecule has 4 nitrogen and oxygen atoms in total. The van der Waals surface area contributed by atoms with E-state index in [9.17, 15) is 9.59 Å². The predicted octanol–water partition coefficient (Wildman–Crippen LogP) is 6.33. The van der Waals surface area contributed by atoms with Crippen LogP contribution in [0.2, 0.25) is 0 Å². The molecule has 0 bridgehead atoms. The summed E-state index contributed by atoms with van der Waals surface area (Å²) in [6.07, 6.45) is 4.36. The average molecular weight is 498 g/mol. The van der Waals surface area contributed by atoms with Crippen molar-refractivity contribution in [2.75, 3.05) is 13.7 Å². The van der Waals surface area contributed by atoms with Gasteiger partial charge in [0.25, 0.3) is 0 Å². The Labute approximate surface area is 199 Å². The second kappa shape index (κ2) is 8.02. The Morgan fingerprint density at radius 3 is 2.03 bits per heavy atom. The lowest BCUT2D eigenvalue weighted by atomic mass is 9.64. The predicted molar refractivity (Wildman–Crippen MR) is 130 cm³/mol. The van der Waals surface area contributed by atoms with Crippen LogP contribution in [0.3, 0.4) is 0 Å². The van der Waals surface area contributed by atoms with Crippen LogP contribution in [-0.4, -0.2) is 30.1 Å². The first-order valence-electron chi connectivity index (χ1n) is 11.2. The maximum absolute atomic E-state index is 13.5. The molecule has 2 aliphatic carbocycles. The Balaban J connectivity index is 1.90. The number of halogens is 1. The third-order valence-electron chi connectivity index (χ3n) is 6.83. The van der Waals surface area contributed by atoms with Gasteiger partial charge in [0.1, 0.15) is 12.4 Å². The second-order valence-corrected chi connectivity index (χ2v) is 11.7. The van der Waals surface area contributed by atoms with Crippen LogP contribution in [0.15, 0.2) is 57.9 Å². The Bertz CT molecular complexity index is 1020. The monoisotopic (exact) mass is 497 g/mol. The van der Waals surface area contributed by atoms with Gasteiger partial charge in [-0.25, -0.2) is 0 Å². The Hall–Kier alpha value is -2.14. The van der Waals surface area contributed by atoms with Crippen molar-refractivity contribution in [2.24, 2.45) is 10.8 Å². The molecule has 4 rings (SSSR count). The Morgan fingerprint density at radius 1 is 1.03 bits per heavy atom. The molecule has 0 N–H and O–H groups in total. The van der Waals surface area contributed by atoms with E-state index in [1.165, 1.54) is 0 Å². The molecule has 0 saturated carbocycles. The number of carbonyl (C=O) groups excluding carboxylic acids is 2. The fourth-order valence-electron chi connectivity index (χ4n) is 5.46. The van der Waals surface area contributed by atoms with Crippen LogP contribution in [0.1, 0.15) is 64.9 Å². The van der Waals surface area contributed by atoms with Crippen molar-refractivity contribution in [1.82, 2.24) is 4.90 Å². The minimum Gasteiger partial charge on any atom is -0.488 e. The first-order valence-corrected chi connectivity index (χ1v) is 12.0. The summed E-state index contributed by atoms with van der Waals surface area (Å²) in [4.78, 5) is 29.2. The largest absolute Gasteiger partial charge is 0.488 e. The van der Waals surface area contributed by atoms with Gasteiger partial charge < -0.3 is 9.64 Å². The number of ketones is 2. The van der Waals surface area contributed by atoms with Crippen LogP contribution in [0, 0.1) is 10.8 Å². The number of hydrogen-bond donors (Lipinski definition) is 0. The molecule has 1 aliphatic heterocycles. The van der Waals surface area contributed by atoms with Gasteiger partial charge in [-0.3, -0.25) is 9.59 Å². The fourth-order valence-corrected chi connectivity index (χ4v) is 5.97. The van der Waals surface area contributed by atoms with E-state index >= 15 is 0 Å². The van der Waals surface area contributed by atoms with Gasteiger partial charge in [0.15, 0.2) is 11.6 Å². The molecule has 1 aromatic carbocycles. The summed E-state index contributed by atoms with van der Waals surface area (Å²) >= 11 is 3.63. The van der Waals surface area contributed by atoms with Crippen molar-refractivity contribution >= 4 is 27.5 Å². The number of rotatable bonds is 4. The molecule has 0 radical (unpaired) electrons. The van der Waals surface area contributed by atoms with E-state index in [1.807, 2.05) is 25.2 Å². The van der Waals surface area contributed by atoms with E-state index in [4.69, 9.17) is 4.74 Å². The van der Waals surface area contributed by atoms with Gasteiger partial charge in [-0.15, -0.1) is 0 Å². The zero-order chi connectivity index (χ0) is 23.4. The van der Waals surface area contributed by atoms with Gasteiger partial charge >= 0.3 is 0 Å². The minimum atomic E-state index is -0.326. The molecule has 0 spiro atoms. The van der Waals surface area contributed by atoms with Gasteiger partial charge in [-0.1, -0.05) is 46.4 Å². The van der Waals surface area contributed by atoms with Gasteiger partial charge in [-0.05, 0) is 57.3 Å². The number of ether oxygens (including phenoxy) is 1. The molecule has 0 saturated heterocycles. The Morgan fingerprint density at radius 2 is 1.56 bits per heavy atom. The number of Topliss-reactive ketones (excluding diaryl/α,β-unsaturated/α-hetero) is 2. The lowest BCUT2D eigenvalue weighted by Crippen LogP contribution is -2.43. The van der Waals surface area contributed by atoms with Gasteiger partial charge in [0.2, 0.25) is 0 Å². The molecule has 3 aliphatic rings. The van der Waals surface area contributed by atoms with Crippen molar-refractivity contribution in [3.63, 3.8) is 0 Å². The summed E-state index contributed by atoms with van der Waals surface area (Å²) < 4.78 is 6.54. The van der Waals surface area contributed by atoms with E-state index < -0.39 is 0 Å². The summed E-state index contributed by atoms with van der Waals surface area (Å²) in [6, 6.07) is 5.91. The standard InChI is InChI=1S/C27H32BrNO3/c1-7-10-32-22-9-8-16(11-17(22)28)23-24-18(12-26(2,3)14-20(24)30)29(6)19-13-27(4,5)15-21(31)25(19)23/h7-9,11,23H,1,10,12-15H2,2-6H3. The summed E-state index contributed by atoms with van der Waals surface area (Å²) in [5.41, 5.74) is 4.51. The second-order valence-electron chi connectivity index (χ2n) is 10.9. The van der Waals surface area contributed by atoms with E-state index in [0.29, 0.717) is 19.4 Å². The lowest BCUT2D eigenvalue weighted by Gasteiger charge is -2.47. The van der Waals surface area contributed by atoms with Gasteiger partial charge in [0, 0.05) is 48.3 Å². The van der Waals surface area contributed by atoms with Gasteiger partial charge in [-0.2, -0.15) is 0 Å². The highest BCUT2D eigenvalue weighted by molar-refractivity contribution is 9.10. The fraction of sp³-hybridized carbons (Fsp3) is 0.481. The SMILES string of the molecule is C=CCOc1ccc(C2C3=C(CC(C)(C)CC3=O)N(C)C3=C2C(=O)CC(C)(C)C3)cc1Br. The first-order chi connectivity index (χ1) is 14.9. The Kier molecular flexibility index (Phi) is 5.77. The normalized spacial score (nSPS) is 22.6. The molecule has 1 heterocycles. The van der Waals surface area contributed by atoms with Crippen molar-refractivity contribution < 1.29 is 14.3 Å². The number of carbonyl (C=O) groups is 2. The van der Waals surface area contributed by atoms with Crippen molar-refractivity contribution in [3.8, 4) is 5.75 Å². The van der Waals surface area contributed by atoms with Crippen molar-refractivity contribution in [3.05, 3.63) is 63.4 Å². The topological polar surface area (TPSA) is 46.6 Å². The van der Waals surface area contributed by atoms with E-state index in [2.05, 4.69) is 55.1 Å². The number of benzene rings is 1. The molecule has 0 fully saturated rings.